The van der Waals surface area contributed by atoms with Crippen LogP contribution in [0.15, 0.2) is 30.3 Å². The number of thiophene rings is 1. The highest BCUT2D eigenvalue weighted by Crippen LogP contribution is 2.38. The van der Waals surface area contributed by atoms with Gasteiger partial charge < -0.3 is 16.8 Å². The number of nitrogen functional groups attached to an aromatic ring is 2. The van der Waals surface area contributed by atoms with E-state index in [-0.39, 0.29) is 11.7 Å². The number of aryl methyl sites for hydroxylation is 1. The van der Waals surface area contributed by atoms with Gasteiger partial charge in [-0.15, -0.1) is 11.3 Å². The second-order valence-electron chi connectivity index (χ2n) is 5.16. The Morgan fingerprint density at radius 3 is 2.67 bits per heavy atom. The number of nitrogens with zero attached hydrogens (tertiary/aromatic N) is 2. The van der Waals surface area contributed by atoms with Crippen molar-refractivity contribution in [1.82, 2.24) is 4.98 Å². The Morgan fingerprint density at radius 1 is 1.33 bits per heavy atom. The first kappa shape index (κ1) is 15.8. The molecule has 120 valence electrons. The monoisotopic (exact) mass is 337 g/mol. The molecule has 7 heteroatoms. The Balaban J connectivity index is 2.12. The fourth-order valence-corrected chi connectivity index (χ4v) is 3.63. The van der Waals surface area contributed by atoms with Gasteiger partial charge in [0.25, 0.3) is 5.91 Å². The van der Waals surface area contributed by atoms with E-state index >= 15 is 0 Å². The summed E-state index contributed by atoms with van der Waals surface area (Å²) in [7, 11) is 0. The van der Waals surface area contributed by atoms with Crippen LogP contribution in [0.4, 0.5) is 17.2 Å². The van der Waals surface area contributed by atoms with Crippen molar-refractivity contribution in [2.45, 2.75) is 13.3 Å². The number of nitriles is 1. The van der Waals surface area contributed by atoms with Crippen molar-refractivity contribution in [1.29, 1.82) is 5.26 Å². The first-order valence-electron chi connectivity index (χ1n) is 7.33. The van der Waals surface area contributed by atoms with E-state index in [1.165, 1.54) is 11.3 Å². The lowest BCUT2D eigenvalue weighted by Gasteiger charge is -2.06. The lowest BCUT2D eigenvalue weighted by atomic mass is 10.0. The van der Waals surface area contributed by atoms with Gasteiger partial charge in [0.2, 0.25) is 0 Å². The molecular weight excluding hydrogens is 322 g/mol. The molecule has 3 aromatic rings. The Labute approximate surface area is 142 Å². The van der Waals surface area contributed by atoms with E-state index in [1.807, 2.05) is 25.1 Å². The van der Waals surface area contributed by atoms with Gasteiger partial charge >= 0.3 is 0 Å². The van der Waals surface area contributed by atoms with Crippen LogP contribution in [0.3, 0.4) is 0 Å². The number of anilines is 3. The maximum atomic E-state index is 12.5. The molecule has 6 nitrogen and oxygen atoms in total. The summed E-state index contributed by atoms with van der Waals surface area (Å²) >= 11 is 1.18. The summed E-state index contributed by atoms with van der Waals surface area (Å²) in [6, 6.07) is 11.2. The molecular formula is C17H15N5OS. The zero-order chi connectivity index (χ0) is 17.3. The quantitative estimate of drug-likeness (QED) is 0.678. The summed E-state index contributed by atoms with van der Waals surface area (Å²) in [5.41, 5.74) is 14.1. The van der Waals surface area contributed by atoms with E-state index in [9.17, 15) is 10.1 Å². The van der Waals surface area contributed by atoms with E-state index in [1.54, 1.807) is 12.1 Å². The number of aromatic nitrogens is 1. The smallest absolute Gasteiger partial charge is 0.267 e. The van der Waals surface area contributed by atoms with Gasteiger partial charge in [-0.3, -0.25) is 4.79 Å². The molecule has 0 spiro atoms. The topological polar surface area (TPSA) is 118 Å². The summed E-state index contributed by atoms with van der Waals surface area (Å²) in [6.45, 7) is 1.91. The van der Waals surface area contributed by atoms with Crippen molar-refractivity contribution >= 4 is 44.7 Å². The predicted octanol–water partition coefficient (Wildman–Crippen LogP) is 3.15. The third-order valence-electron chi connectivity index (χ3n) is 3.71. The molecule has 1 aromatic carbocycles. The van der Waals surface area contributed by atoms with Crippen LogP contribution in [0, 0.1) is 11.3 Å². The second kappa shape index (κ2) is 6.18. The normalized spacial score (nSPS) is 10.5. The van der Waals surface area contributed by atoms with Crippen molar-refractivity contribution in [3.8, 4) is 6.07 Å². The van der Waals surface area contributed by atoms with Crippen LogP contribution in [-0.4, -0.2) is 10.9 Å². The number of fused-ring (bicyclic) bond motifs is 1. The van der Waals surface area contributed by atoms with Gasteiger partial charge in [0, 0.05) is 11.1 Å². The number of nitrogens with one attached hydrogen (secondary N) is 1. The van der Waals surface area contributed by atoms with Crippen molar-refractivity contribution in [2.24, 2.45) is 0 Å². The molecule has 0 radical (unpaired) electrons. The highest BCUT2D eigenvalue weighted by molar-refractivity contribution is 7.21. The minimum atomic E-state index is -0.305. The van der Waals surface area contributed by atoms with E-state index < -0.39 is 0 Å². The minimum Gasteiger partial charge on any atom is -0.397 e. The third kappa shape index (κ3) is 2.53. The van der Waals surface area contributed by atoms with Crippen LogP contribution in [0.2, 0.25) is 0 Å². The Kier molecular flexibility index (Phi) is 4.06. The van der Waals surface area contributed by atoms with E-state index in [0.29, 0.717) is 38.5 Å². The van der Waals surface area contributed by atoms with Crippen LogP contribution in [-0.2, 0) is 6.42 Å². The summed E-state index contributed by atoms with van der Waals surface area (Å²) in [6.07, 6.45) is 0.576. The minimum absolute atomic E-state index is 0.165. The molecule has 3 rings (SSSR count). The van der Waals surface area contributed by atoms with Crippen molar-refractivity contribution in [3.63, 3.8) is 0 Å². The molecule has 0 fully saturated rings. The highest BCUT2D eigenvalue weighted by atomic mass is 32.1. The molecule has 0 saturated heterocycles. The highest BCUT2D eigenvalue weighted by Gasteiger charge is 2.22. The maximum absolute atomic E-state index is 12.5. The Hall–Kier alpha value is -3.11. The molecule has 1 amide bonds. The molecule has 2 aromatic heterocycles. The van der Waals surface area contributed by atoms with E-state index in [0.717, 1.165) is 5.56 Å². The van der Waals surface area contributed by atoms with Gasteiger partial charge in [-0.1, -0.05) is 25.1 Å². The van der Waals surface area contributed by atoms with Gasteiger partial charge in [-0.25, -0.2) is 4.98 Å². The SMILES string of the molecule is CCc1c(C#N)c(N)nc2sc(C(=O)Nc3ccccc3)c(N)c12. The number of hydrogen-bond acceptors (Lipinski definition) is 6. The van der Waals surface area contributed by atoms with Crippen LogP contribution in [0.25, 0.3) is 10.2 Å². The van der Waals surface area contributed by atoms with Gasteiger partial charge in [0.15, 0.2) is 0 Å². The number of benzene rings is 1. The van der Waals surface area contributed by atoms with Crippen LogP contribution >= 0.6 is 11.3 Å². The van der Waals surface area contributed by atoms with Gasteiger partial charge in [-0.05, 0) is 24.1 Å². The molecule has 0 atom stereocenters. The first-order chi connectivity index (χ1) is 11.6. The number of rotatable bonds is 3. The lowest BCUT2D eigenvalue weighted by molar-refractivity contribution is 0.103. The van der Waals surface area contributed by atoms with Crippen LogP contribution in [0.1, 0.15) is 27.7 Å². The standard InChI is InChI=1S/C17H15N5OS/c1-2-10-11(8-18)15(20)22-17-12(10)13(19)14(24-17)16(23)21-9-6-4-3-5-7-9/h3-7H,2,19H2,1H3,(H2,20,22)(H,21,23). The lowest BCUT2D eigenvalue weighted by Crippen LogP contribution is -2.11. The molecule has 0 saturated carbocycles. The van der Waals surface area contributed by atoms with Gasteiger partial charge in [0.05, 0.1) is 11.3 Å². The van der Waals surface area contributed by atoms with Crippen molar-refractivity contribution in [3.05, 3.63) is 46.3 Å². The maximum Gasteiger partial charge on any atom is 0.267 e. The van der Waals surface area contributed by atoms with Gasteiger partial charge in [-0.2, -0.15) is 5.26 Å². The molecule has 0 bridgehead atoms. The number of pyridine rings is 1. The fraction of sp³-hybridized carbons (Fsp3) is 0.118. The molecule has 0 aliphatic rings. The van der Waals surface area contributed by atoms with Crippen LogP contribution in [0.5, 0.6) is 0 Å². The second-order valence-corrected chi connectivity index (χ2v) is 6.16. The number of nitrogens with two attached hydrogens (primary N) is 2. The third-order valence-corrected chi connectivity index (χ3v) is 4.81. The zero-order valence-corrected chi connectivity index (χ0v) is 13.8. The van der Waals surface area contributed by atoms with Crippen molar-refractivity contribution in [2.75, 3.05) is 16.8 Å². The first-order valence-corrected chi connectivity index (χ1v) is 8.15. The zero-order valence-electron chi connectivity index (χ0n) is 13.0. The number of amides is 1. The molecule has 0 aliphatic heterocycles. The van der Waals surface area contributed by atoms with Crippen molar-refractivity contribution < 1.29 is 4.79 Å². The molecule has 2 heterocycles. The summed E-state index contributed by atoms with van der Waals surface area (Å²) in [5, 5.41) is 12.8. The summed E-state index contributed by atoms with van der Waals surface area (Å²) in [5.74, 6) is -0.140. The largest absolute Gasteiger partial charge is 0.397 e. The summed E-state index contributed by atoms with van der Waals surface area (Å²) in [4.78, 5) is 17.7. The van der Waals surface area contributed by atoms with Crippen LogP contribution < -0.4 is 16.8 Å². The average Bonchev–Trinajstić information content (AvgIpc) is 2.91. The Bertz CT molecular complexity index is 972. The Morgan fingerprint density at radius 2 is 2.04 bits per heavy atom. The molecule has 24 heavy (non-hydrogen) atoms. The van der Waals surface area contributed by atoms with E-state index in [4.69, 9.17) is 11.5 Å². The molecule has 0 aliphatic carbocycles. The molecule has 0 unspecified atom stereocenters. The fourth-order valence-electron chi connectivity index (χ4n) is 2.60. The number of carbonyl (C=O) groups is 1. The molecule has 5 N–H and O–H groups in total. The average molecular weight is 337 g/mol. The predicted molar refractivity (Wildman–Crippen MR) is 96.9 cm³/mol. The van der Waals surface area contributed by atoms with E-state index in [2.05, 4.69) is 16.4 Å². The van der Waals surface area contributed by atoms with Gasteiger partial charge in [0.1, 0.15) is 21.6 Å². The number of carbonyl (C=O) groups excluding carboxylic acids is 1. The number of para-hydroxylation sites is 1. The number of hydrogen-bond donors (Lipinski definition) is 3. The summed E-state index contributed by atoms with van der Waals surface area (Å²) < 4.78 is 0.